The van der Waals surface area contributed by atoms with Crippen LogP contribution in [0, 0.1) is 6.92 Å². The normalized spacial score (nSPS) is 12.6. The first-order valence-corrected chi connectivity index (χ1v) is 4.23. The summed E-state index contributed by atoms with van der Waals surface area (Å²) in [4.78, 5) is 17.2. The van der Waals surface area contributed by atoms with Crippen molar-refractivity contribution in [3.8, 4) is 0 Å². The van der Waals surface area contributed by atoms with Gasteiger partial charge in [0, 0.05) is 20.3 Å². The maximum atomic E-state index is 11.5. The van der Waals surface area contributed by atoms with Crippen LogP contribution in [0.1, 0.15) is 18.7 Å². The van der Waals surface area contributed by atoms with Gasteiger partial charge >= 0.3 is 0 Å². The number of hydrogen-bond acceptors (Lipinski definition) is 2. The number of nitrogens with zero attached hydrogens (tertiary/aromatic N) is 3. The molecule has 1 aromatic rings. The van der Waals surface area contributed by atoms with E-state index in [1.165, 1.54) is 0 Å². The zero-order valence-electron chi connectivity index (χ0n) is 8.48. The van der Waals surface area contributed by atoms with Crippen LogP contribution in [0.2, 0.25) is 0 Å². The van der Waals surface area contributed by atoms with Crippen LogP contribution in [-0.2, 0) is 4.79 Å². The van der Waals surface area contributed by atoms with Crippen molar-refractivity contribution in [2.24, 2.45) is 0 Å². The lowest BCUT2D eigenvalue weighted by Gasteiger charge is -2.17. The van der Waals surface area contributed by atoms with Gasteiger partial charge in [-0.2, -0.15) is 0 Å². The van der Waals surface area contributed by atoms with Gasteiger partial charge in [-0.1, -0.05) is 0 Å². The molecule has 0 saturated heterocycles. The molecule has 0 aliphatic rings. The zero-order valence-corrected chi connectivity index (χ0v) is 8.48. The third kappa shape index (κ3) is 2.08. The van der Waals surface area contributed by atoms with E-state index in [-0.39, 0.29) is 11.9 Å². The van der Waals surface area contributed by atoms with E-state index in [1.54, 1.807) is 25.3 Å². The van der Waals surface area contributed by atoms with Crippen LogP contribution >= 0.6 is 0 Å². The maximum Gasteiger partial charge on any atom is 0.244 e. The summed E-state index contributed by atoms with van der Waals surface area (Å²) >= 11 is 0. The summed E-state index contributed by atoms with van der Waals surface area (Å²) in [6.07, 6.45) is 3.55. The summed E-state index contributed by atoms with van der Waals surface area (Å²) in [6, 6.07) is -0.170. The van der Waals surface area contributed by atoms with Crippen LogP contribution in [0.4, 0.5) is 0 Å². The Hall–Kier alpha value is -1.32. The first-order valence-electron chi connectivity index (χ1n) is 4.23. The van der Waals surface area contributed by atoms with E-state index in [4.69, 9.17) is 0 Å². The van der Waals surface area contributed by atoms with E-state index in [9.17, 15) is 4.79 Å². The predicted octanol–water partition coefficient (Wildman–Crippen LogP) is 0.841. The largest absolute Gasteiger partial charge is 0.347 e. The molecule has 0 radical (unpaired) electrons. The summed E-state index contributed by atoms with van der Waals surface area (Å²) in [5.41, 5.74) is 0.929. The lowest BCUT2D eigenvalue weighted by atomic mass is 10.3. The minimum Gasteiger partial charge on any atom is -0.347 e. The van der Waals surface area contributed by atoms with Crippen molar-refractivity contribution in [1.29, 1.82) is 0 Å². The molecule has 0 aliphatic heterocycles. The summed E-state index contributed by atoms with van der Waals surface area (Å²) in [5, 5.41) is 0. The second-order valence-electron chi connectivity index (χ2n) is 3.37. The maximum absolute atomic E-state index is 11.5. The molecule has 0 saturated carbocycles. The van der Waals surface area contributed by atoms with Crippen molar-refractivity contribution < 1.29 is 4.79 Å². The van der Waals surface area contributed by atoms with Crippen molar-refractivity contribution in [3.05, 3.63) is 18.2 Å². The molecule has 4 heteroatoms. The van der Waals surface area contributed by atoms with Crippen LogP contribution in [0.3, 0.4) is 0 Å². The van der Waals surface area contributed by atoms with Crippen molar-refractivity contribution in [2.45, 2.75) is 19.9 Å². The number of imidazole rings is 1. The molecular formula is C9H15N3O. The number of amides is 1. The molecule has 4 nitrogen and oxygen atoms in total. The Morgan fingerprint density at radius 2 is 2.23 bits per heavy atom. The average Bonchev–Trinajstić information content (AvgIpc) is 2.49. The quantitative estimate of drug-likeness (QED) is 0.678. The predicted molar refractivity (Wildman–Crippen MR) is 50.4 cm³/mol. The first kappa shape index (κ1) is 9.77. The van der Waals surface area contributed by atoms with Gasteiger partial charge in [0.05, 0.1) is 12.0 Å². The van der Waals surface area contributed by atoms with Crippen LogP contribution in [0.5, 0.6) is 0 Å². The molecule has 0 aromatic carbocycles. The van der Waals surface area contributed by atoms with E-state index in [0.717, 1.165) is 5.69 Å². The van der Waals surface area contributed by atoms with Crippen molar-refractivity contribution >= 4 is 5.91 Å². The molecule has 1 unspecified atom stereocenters. The van der Waals surface area contributed by atoms with Gasteiger partial charge < -0.3 is 9.47 Å². The van der Waals surface area contributed by atoms with E-state index in [0.29, 0.717) is 0 Å². The summed E-state index contributed by atoms with van der Waals surface area (Å²) in [7, 11) is 3.51. The molecule has 1 atom stereocenters. The molecule has 0 spiro atoms. The topological polar surface area (TPSA) is 38.1 Å². The van der Waals surface area contributed by atoms with Crippen LogP contribution in [-0.4, -0.2) is 34.5 Å². The molecule has 0 bridgehead atoms. The smallest absolute Gasteiger partial charge is 0.244 e. The van der Waals surface area contributed by atoms with E-state index >= 15 is 0 Å². The highest BCUT2D eigenvalue weighted by Gasteiger charge is 2.15. The molecule has 0 N–H and O–H groups in total. The van der Waals surface area contributed by atoms with Crippen LogP contribution in [0.25, 0.3) is 0 Å². The zero-order chi connectivity index (χ0) is 10.0. The molecule has 13 heavy (non-hydrogen) atoms. The van der Waals surface area contributed by atoms with Crippen LogP contribution < -0.4 is 0 Å². The summed E-state index contributed by atoms with van der Waals surface area (Å²) in [5.74, 6) is 0.0809. The highest BCUT2D eigenvalue weighted by molar-refractivity contribution is 5.79. The van der Waals surface area contributed by atoms with Gasteiger partial charge in [0.15, 0.2) is 0 Å². The second-order valence-corrected chi connectivity index (χ2v) is 3.37. The van der Waals surface area contributed by atoms with Gasteiger partial charge in [-0.15, -0.1) is 0 Å². The molecule has 1 amide bonds. The third-order valence-electron chi connectivity index (χ3n) is 1.98. The van der Waals surface area contributed by atoms with Gasteiger partial charge in [-0.3, -0.25) is 4.79 Å². The van der Waals surface area contributed by atoms with Gasteiger partial charge in [-0.25, -0.2) is 4.98 Å². The fourth-order valence-electron chi connectivity index (χ4n) is 1.15. The molecular weight excluding hydrogens is 166 g/mol. The summed E-state index contributed by atoms with van der Waals surface area (Å²) < 4.78 is 1.82. The Labute approximate surface area is 78.2 Å². The number of aromatic nitrogens is 2. The molecule has 0 fully saturated rings. The number of aryl methyl sites for hydroxylation is 1. The lowest BCUT2D eigenvalue weighted by Crippen LogP contribution is -2.29. The Balaban J connectivity index is 2.79. The Morgan fingerprint density at radius 3 is 2.62 bits per heavy atom. The number of carbonyl (C=O) groups excluding carboxylic acids is 1. The average molecular weight is 181 g/mol. The summed E-state index contributed by atoms with van der Waals surface area (Å²) in [6.45, 7) is 3.77. The fourth-order valence-corrected chi connectivity index (χ4v) is 1.15. The molecule has 1 aromatic heterocycles. The van der Waals surface area contributed by atoms with Gasteiger partial charge in [0.1, 0.15) is 6.04 Å². The molecule has 1 heterocycles. The highest BCUT2D eigenvalue weighted by atomic mass is 16.2. The number of likely N-dealkylation sites (N-methyl/N-ethyl adjacent to an activating group) is 1. The first-order chi connectivity index (χ1) is 6.02. The second kappa shape index (κ2) is 3.60. The van der Waals surface area contributed by atoms with E-state index < -0.39 is 0 Å². The SMILES string of the molecule is Cc1cn(C(C)C(=O)N(C)C)cn1. The number of rotatable bonds is 2. The van der Waals surface area contributed by atoms with E-state index in [2.05, 4.69) is 4.98 Å². The van der Waals surface area contributed by atoms with Gasteiger partial charge in [-0.05, 0) is 13.8 Å². The minimum atomic E-state index is -0.170. The van der Waals surface area contributed by atoms with Gasteiger partial charge in [0.25, 0.3) is 0 Å². The lowest BCUT2D eigenvalue weighted by molar-refractivity contribution is -0.131. The Morgan fingerprint density at radius 1 is 1.62 bits per heavy atom. The van der Waals surface area contributed by atoms with Crippen molar-refractivity contribution in [3.63, 3.8) is 0 Å². The molecule has 72 valence electrons. The Kier molecular flexibility index (Phi) is 2.70. The molecule has 0 aliphatic carbocycles. The highest BCUT2D eigenvalue weighted by Crippen LogP contribution is 2.08. The van der Waals surface area contributed by atoms with Crippen LogP contribution in [0.15, 0.2) is 12.5 Å². The third-order valence-corrected chi connectivity index (χ3v) is 1.98. The molecule has 1 rings (SSSR count). The van der Waals surface area contributed by atoms with Crippen molar-refractivity contribution in [2.75, 3.05) is 14.1 Å². The van der Waals surface area contributed by atoms with E-state index in [1.807, 2.05) is 24.6 Å². The van der Waals surface area contributed by atoms with Gasteiger partial charge in [0.2, 0.25) is 5.91 Å². The standard InChI is InChI=1S/C9H15N3O/c1-7-5-12(6-10-7)8(2)9(13)11(3)4/h5-6,8H,1-4H3. The number of hydrogen-bond donors (Lipinski definition) is 0. The minimum absolute atomic E-state index is 0.0809. The Bertz CT molecular complexity index is 304. The monoisotopic (exact) mass is 181 g/mol. The number of carbonyl (C=O) groups is 1. The fraction of sp³-hybridized carbons (Fsp3) is 0.556. The van der Waals surface area contributed by atoms with Crippen molar-refractivity contribution in [1.82, 2.24) is 14.5 Å².